The molecule has 3 heteroatoms. The highest BCUT2D eigenvalue weighted by atomic mass is 32.1. The number of rotatable bonds is 2. The van der Waals surface area contributed by atoms with Crippen LogP contribution in [0.4, 0.5) is 0 Å². The van der Waals surface area contributed by atoms with Gasteiger partial charge in [0.15, 0.2) is 0 Å². The fourth-order valence-electron chi connectivity index (χ4n) is 2.49. The molecular weight excluding hydrogens is 228 g/mol. The summed E-state index contributed by atoms with van der Waals surface area (Å²) in [5, 5.41) is 4.87. The Bertz CT molecular complexity index is 473. The summed E-state index contributed by atoms with van der Waals surface area (Å²) in [7, 11) is 0. The van der Waals surface area contributed by atoms with Gasteiger partial charge in [-0.2, -0.15) is 0 Å². The van der Waals surface area contributed by atoms with Crippen molar-refractivity contribution >= 4 is 21.4 Å². The van der Waals surface area contributed by atoms with E-state index in [2.05, 4.69) is 47.5 Å². The summed E-state index contributed by atoms with van der Waals surface area (Å²) in [6, 6.07) is 11.6. The molecule has 2 heterocycles. The lowest BCUT2D eigenvalue weighted by molar-refractivity contribution is 0.201. The van der Waals surface area contributed by atoms with Gasteiger partial charge in [0.25, 0.3) is 0 Å². The molecule has 90 valence electrons. The van der Waals surface area contributed by atoms with E-state index in [1.165, 1.54) is 21.5 Å². The SMILES string of the molecule is C[C@H]1CN(Cc2cc3ccccc3s2)CCN1. The van der Waals surface area contributed by atoms with Crippen LogP contribution < -0.4 is 5.32 Å². The second-order valence-corrected chi connectivity index (χ2v) is 6.01. The molecule has 1 aliphatic heterocycles. The zero-order valence-electron chi connectivity index (χ0n) is 10.1. The summed E-state index contributed by atoms with van der Waals surface area (Å²) in [4.78, 5) is 4.03. The highest BCUT2D eigenvalue weighted by molar-refractivity contribution is 7.19. The Kier molecular flexibility index (Phi) is 3.14. The monoisotopic (exact) mass is 246 g/mol. The summed E-state index contributed by atoms with van der Waals surface area (Å²) in [5.41, 5.74) is 0. The van der Waals surface area contributed by atoms with E-state index < -0.39 is 0 Å². The fourth-order valence-corrected chi connectivity index (χ4v) is 3.60. The maximum Gasteiger partial charge on any atom is 0.0346 e. The van der Waals surface area contributed by atoms with Gasteiger partial charge < -0.3 is 5.32 Å². The third kappa shape index (κ3) is 2.51. The van der Waals surface area contributed by atoms with Crippen LogP contribution in [0.5, 0.6) is 0 Å². The van der Waals surface area contributed by atoms with Crippen LogP contribution >= 0.6 is 11.3 Å². The maximum absolute atomic E-state index is 3.49. The van der Waals surface area contributed by atoms with Crippen LogP contribution in [0, 0.1) is 0 Å². The largest absolute Gasteiger partial charge is 0.312 e. The van der Waals surface area contributed by atoms with E-state index in [0.717, 1.165) is 19.6 Å². The van der Waals surface area contributed by atoms with Crippen molar-refractivity contribution in [3.63, 3.8) is 0 Å². The Morgan fingerprint density at radius 2 is 2.29 bits per heavy atom. The third-order valence-electron chi connectivity index (χ3n) is 3.31. The lowest BCUT2D eigenvalue weighted by atomic mass is 10.2. The Labute approximate surface area is 106 Å². The van der Waals surface area contributed by atoms with E-state index >= 15 is 0 Å². The molecule has 0 radical (unpaired) electrons. The molecule has 2 aromatic rings. The van der Waals surface area contributed by atoms with Crippen molar-refractivity contribution in [2.24, 2.45) is 0 Å². The number of benzene rings is 1. The van der Waals surface area contributed by atoms with Gasteiger partial charge in [0.05, 0.1) is 0 Å². The van der Waals surface area contributed by atoms with Crippen LogP contribution in [-0.2, 0) is 6.54 Å². The van der Waals surface area contributed by atoms with Gasteiger partial charge in [0.2, 0.25) is 0 Å². The number of hydrogen-bond acceptors (Lipinski definition) is 3. The third-order valence-corrected chi connectivity index (χ3v) is 4.41. The Morgan fingerprint density at radius 3 is 3.12 bits per heavy atom. The summed E-state index contributed by atoms with van der Waals surface area (Å²) in [5.74, 6) is 0. The van der Waals surface area contributed by atoms with Gasteiger partial charge in [-0.25, -0.2) is 0 Å². The minimum atomic E-state index is 0.623. The number of nitrogens with one attached hydrogen (secondary N) is 1. The molecule has 1 aromatic heterocycles. The molecule has 1 fully saturated rings. The molecule has 0 bridgehead atoms. The van der Waals surface area contributed by atoms with Crippen molar-refractivity contribution in [3.05, 3.63) is 35.2 Å². The van der Waals surface area contributed by atoms with Gasteiger partial charge in [0.1, 0.15) is 0 Å². The van der Waals surface area contributed by atoms with Gasteiger partial charge >= 0.3 is 0 Å². The van der Waals surface area contributed by atoms with E-state index in [1.54, 1.807) is 0 Å². The average molecular weight is 246 g/mol. The minimum Gasteiger partial charge on any atom is -0.312 e. The van der Waals surface area contributed by atoms with Crippen LogP contribution in [0.1, 0.15) is 11.8 Å². The van der Waals surface area contributed by atoms with Crippen LogP contribution in [0.25, 0.3) is 10.1 Å². The van der Waals surface area contributed by atoms with Gasteiger partial charge in [-0.15, -0.1) is 11.3 Å². The van der Waals surface area contributed by atoms with E-state index in [9.17, 15) is 0 Å². The lowest BCUT2D eigenvalue weighted by Crippen LogP contribution is -2.48. The molecule has 1 aromatic carbocycles. The van der Waals surface area contributed by atoms with Crippen molar-refractivity contribution < 1.29 is 0 Å². The first kappa shape index (κ1) is 11.2. The van der Waals surface area contributed by atoms with Gasteiger partial charge in [-0.3, -0.25) is 4.90 Å². The number of piperazine rings is 1. The first-order valence-electron chi connectivity index (χ1n) is 6.24. The van der Waals surface area contributed by atoms with Crippen LogP contribution in [0.2, 0.25) is 0 Å². The average Bonchev–Trinajstić information content (AvgIpc) is 2.71. The highest BCUT2D eigenvalue weighted by Crippen LogP contribution is 2.26. The molecule has 1 saturated heterocycles. The normalized spacial score (nSPS) is 22.1. The molecule has 1 aliphatic rings. The first-order valence-corrected chi connectivity index (χ1v) is 7.06. The van der Waals surface area contributed by atoms with Crippen LogP contribution in [-0.4, -0.2) is 30.6 Å². The van der Waals surface area contributed by atoms with E-state index in [1.807, 2.05) is 11.3 Å². The second-order valence-electron chi connectivity index (χ2n) is 4.84. The number of nitrogens with zero attached hydrogens (tertiary/aromatic N) is 1. The molecule has 2 nitrogen and oxygen atoms in total. The van der Waals surface area contributed by atoms with Crippen molar-refractivity contribution in [3.8, 4) is 0 Å². The lowest BCUT2D eigenvalue weighted by Gasteiger charge is -2.31. The summed E-state index contributed by atoms with van der Waals surface area (Å²) in [6.45, 7) is 6.81. The van der Waals surface area contributed by atoms with E-state index in [0.29, 0.717) is 6.04 Å². The fraction of sp³-hybridized carbons (Fsp3) is 0.429. The molecule has 0 saturated carbocycles. The Hall–Kier alpha value is -0.900. The highest BCUT2D eigenvalue weighted by Gasteiger charge is 2.16. The Morgan fingerprint density at radius 1 is 1.41 bits per heavy atom. The van der Waals surface area contributed by atoms with E-state index in [-0.39, 0.29) is 0 Å². The summed E-state index contributed by atoms with van der Waals surface area (Å²) in [6.07, 6.45) is 0. The predicted molar refractivity (Wildman–Crippen MR) is 74.6 cm³/mol. The van der Waals surface area contributed by atoms with Gasteiger partial charge in [0, 0.05) is 41.8 Å². The maximum atomic E-state index is 3.49. The molecular formula is C14H18N2S. The summed E-state index contributed by atoms with van der Waals surface area (Å²) < 4.78 is 1.41. The number of thiophene rings is 1. The van der Waals surface area contributed by atoms with Crippen LogP contribution in [0.15, 0.2) is 30.3 Å². The topological polar surface area (TPSA) is 15.3 Å². The molecule has 0 spiro atoms. The van der Waals surface area contributed by atoms with Gasteiger partial charge in [-0.1, -0.05) is 18.2 Å². The quantitative estimate of drug-likeness (QED) is 0.876. The van der Waals surface area contributed by atoms with Crippen molar-refractivity contribution in [1.29, 1.82) is 0 Å². The van der Waals surface area contributed by atoms with Crippen molar-refractivity contribution in [2.75, 3.05) is 19.6 Å². The molecule has 17 heavy (non-hydrogen) atoms. The second kappa shape index (κ2) is 4.77. The van der Waals surface area contributed by atoms with Crippen LogP contribution in [0.3, 0.4) is 0 Å². The number of hydrogen-bond donors (Lipinski definition) is 1. The van der Waals surface area contributed by atoms with Gasteiger partial charge in [-0.05, 0) is 24.4 Å². The molecule has 0 amide bonds. The molecule has 3 rings (SSSR count). The first-order chi connectivity index (χ1) is 8.31. The molecule has 1 N–H and O–H groups in total. The molecule has 0 unspecified atom stereocenters. The smallest absolute Gasteiger partial charge is 0.0346 e. The molecule has 0 aliphatic carbocycles. The van der Waals surface area contributed by atoms with E-state index in [4.69, 9.17) is 0 Å². The van der Waals surface area contributed by atoms with Crippen molar-refractivity contribution in [1.82, 2.24) is 10.2 Å². The zero-order valence-corrected chi connectivity index (χ0v) is 11.0. The predicted octanol–water partition coefficient (Wildman–Crippen LogP) is 2.70. The molecule has 1 atom stereocenters. The summed E-state index contributed by atoms with van der Waals surface area (Å²) >= 11 is 1.93. The number of fused-ring (bicyclic) bond motifs is 1. The zero-order chi connectivity index (χ0) is 11.7. The Balaban J connectivity index is 1.75. The van der Waals surface area contributed by atoms with Crippen molar-refractivity contribution in [2.45, 2.75) is 19.5 Å². The minimum absolute atomic E-state index is 0.623. The standard InChI is InChI=1S/C14H18N2S/c1-11-9-16(7-6-15-11)10-13-8-12-4-2-3-5-14(12)17-13/h2-5,8,11,15H,6-7,9-10H2,1H3/t11-/m0/s1.